The summed E-state index contributed by atoms with van der Waals surface area (Å²) in [6, 6.07) is 1.29. The molecule has 0 aromatic carbocycles. The minimum atomic E-state index is 0.317. The third-order valence-corrected chi connectivity index (χ3v) is 4.26. The molecule has 1 saturated heterocycles. The Hall–Kier alpha value is -0.0800. The molecule has 0 spiro atoms. The topological polar surface area (TPSA) is 21.3 Å². The van der Waals surface area contributed by atoms with Crippen molar-refractivity contribution in [2.24, 2.45) is 10.8 Å². The standard InChI is InChI=1S/C12H23NO/c1-5-12(4)6-9(12)13-10-7-14-8-11(10,2)3/h9-10,13H,5-8H2,1-4H3. The molecule has 1 saturated carbocycles. The molecule has 2 aliphatic rings. The first kappa shape index (κ1) is 10.4. The maximum Gasteiger partial charge on any atom is 0.0626 e. The molecule has 2 nitrogen and oxygen atoms in total. The van der Waals surface area contributed by atoms with E-state index in [0.29, 0.717) is 16.9 Å². The molecular weight excluding hydrogens is 174 g/mol. The second-order valence-corrected chi connectivity index (χ2v) is 5.99. The summed E-state index contributed by atoms with van der Waals surface area (Å²) in [5.41, 5.74) is 0.885. The van der Waals surface area contributed by atoms with E-state index in [4.69, 9.17) is 4.74 Å². The largest absolute Gasteiger partial charge is 0.379 e. The summed E-state index contributed by atoms with van der Waals surface area (Å²) in [5.74, 6) is 0. The molecule has 3 atom stereocenters. The zero-order valence-electron chi connectivity index (χ0n) is 9.89. The average molecular weight is 197 g/mol. The van der Waals surface area contributed by atoms with Crippen molar-refractivity contribution in [1.29, 1.82) is 0 Å². The third kappa shape index (κ3) is 1.70. The van der Waals surface area contributed by atoms with Crippen LogP contribution in [0.5, 0.6) is 0 Å². The first-order chi connectivity index (χ1) is 6.48. The van der Waals surface area contributed by atoms with Crippen molar-refractivity contribution in [3.05, 3.63) is 0 Å². The molecule has 14 heavy (non-hydrogen) atoms. The highest BCUT2D eigenvalue weighted by Gasteiger charge is 2.51. The van der Waals surface area contributed by atoms with E-state index in [0.717, 1.165) is 19.3 Å². The van der Waals surface area contributed by atoms with Gasteiger partial charge < -0.3 is 10.1 Å². The summed E-state index contributed by atoms with van der Waals surface area (Å²) >= 11 is 0. The molecule has 82 valence electrons. The van der Waals surface area contributed by atoms with Crippen LogP contribution in [-0.2, 0) is 4.74 Å². The molecule has 0 radical (unpaired) electrons. The van der Waals surface area contributed by atoms with Crippen LogP contribution in [0.2, 0.25) is 0 Å². The fourth-order valence-corrected chi connectivity index (χ4v) is 2.34. The molecule has 2 fully saturated rings. The molecule has 0 amide bonds. The lowest BCUT2D eigenvalue weighted by molar-refractivity contribution is 0.166. The van der Waals surface area contributed by atoms with Crippen LogP contribution in [0.4, 0.5) is 0 Å². The smallest absolute Gasteiger partial charge is 0.0626 e. The fourth-order valence-electron chi connectivity index (χ4n) is 2.34. The Morgan fingerprint density at radius 1 is 1.29 bits per heavy atom. The Morgan fingerprint density at radius 2 is 2.00 bits per heavy atom. The second-order valence-electron chi connectivity index (χ2n) is 5.99. The van der Waals surface area contributed by atoms with E-state index in [2.05, 4.69) is 33.0 Å². The summed E-state index contributed by atoms with van der Waals surface area (Å²) in [7, 11) is 0. The van der Waals surface area contributed by atoms with E-state index in [1.165, 1.54) is 12.8 Å². The lowest BCUT2D eigenvalue weighted by Gasteiger charge is -2.26. The minimum absolute atomic E-state index is 0.317. The average Bonchev–Trinajstić information content (AvgIpc) is 2.63. The van der Waals surface area contributed by atoms with Crippen molar-refractivity contribution in [1.82, 2.24) is 5.32 Å². The number of ether oxygens (including phenoxy) is 1. The van der Waals surface area contributed by atoms with Crippen molar-refractivity contribution in [3.63, 3.8) is 0 Å². The zero-order chi connectivity index (χ0) is 10.4. The molecule has 0 bridgehead atoms. The molecule has 1 heterocycles. The van der Waals surface area contributed by atoms with Gasteiger partial charge in [0.25, 0.3) is 0 Å². The Balaban J connectivity index is 1.88. The van der Waals surface area contributed by atoms with Gasteiger partial charge >= 0.3 is 0 Å². The van der Waals surface area contributed by atoms with Crippen molar-refractivity contribution in [2.75, 3.05) is 13.2 Å². The molecule has 1 aliphatic carbocycles. The van der Waals surface area contributed by atoms with Crippen LogP contribution >= 0.6 is 0 Å². The molecule has 2 rings (SSSR count). The summed E-state index contributed by atoms with van der Waals surface area (Å²) < 4.78 is 5.54. The summed E-state index contributed by atoms with van der Waals surface area (Å²) in [6.07, 6.45) is 2.63. The van der Waals surface area contributed by atoms with Crippen molar-refractivity contribution in [3.8, 4) is 0 Å². The molecule has 1 aliphatic heterocycles. The highest BCUT2D eigenvalue weighted by Crippen LogP contribution is 2.49. The van der Waals surface area contributed by atoms with E-state index < -0.39 is 0 Å². The van der Waals surface area contributed by atoms with Crippen LogP contribution in [0.1, 0.15) is 40.5 Å². The Morgan fingerprint density at radius 3 is 2.43 bits per heavy atom. The van der Waals surface area contributed by atoms with Crippen LogP contribution in [0.15, 0.2) is 0 Å². The lowest BCUT2D eigenvalue weighted by atomic mass is 9.87. The molecule has 1 N–H and O–H groups in total. The number of nitrogens with one attached hydrogen (secondary N) is 1. The van der Waals surface area contributed by atoms with Gasteiger partial charge in [-0.2, -0.15) is 0 Å². The minimum Gasteiger partial charge on any atom is -0.379 e. The predicted octanol–water partition coefficient (Wildman–Crippen LogP) is 2.19. The van der Waals surface area contributed by atoms with Gasteiger partial charge in [0.2, 0.25) is 0 Å². The van der Waals surface area contributed by atoms with Crippen molar-refractivity contribution < 1.29 is 4.74 Å². The Labute approximate surface area is 87.4 Å². The van der Waals surface area contributed by atoms with Gasteiger partial charge in [0.05, 0.1) is 13.2 Å². The van der Waals surface area contributed by atoms with Crippen molar-refractivity contribution >= 4 is 0 Å². The van der Waals surface area contributed by atoms with Crippen LogP contribution < -0.4 is 5.32 Å². The summed E-state index contributed by atoms with van der Waals surface area (Å²) in [5, 5.41) is 3.76. The van der Waals surface area contributed by atoms with Gasteiger partial charge in [-0.25, -0.2) is 0 Å². The van der Waals surface area contributed by atoms with E-state index in [9.17, 15) is 0 Å². The molecule has 0 aromatic rings. The van der Waals surface area contributed by atoms with Crippen molar-refractivity contribution in [2.45, 2.75) is 52.6 Å². The van der Waals surface area contributed by atoms with Crippen LogP contribution in [0.25, 0.3) is 0 Å². The van der Waals surface area contributed by atoms with Gasteiger partial charge in [0.1, 0.15) is 0 Å². The van der Waals surface area contributed by atoms with Crippen LogP contribution in [-0.4, -0.2) is 25.3 Å². The summed E-state index contributed by atoms with van der Waals surface area (Å²) in [6.45, 7) is 11.1. The van der Waals surface area contributed by atoms with E-state index in [1.54, 1.807) is 0 Å². The monoisotopic (exact) mass is 197 g/mol. The maximum atomic E-state index is 5.54. The SMILES string of the molecule is CCC1(C)CC1NC1COCC1(C)C. The molecular formula is C12H23NO. The second kappa shape index (κ2) is 3.21. The lowest BCUT2D eigenvalue weighted by Crippen LogP contribution is -2.43. The normalized spacial score (nSPS) is 45.4. The zero-order valence-corrected chi connectivity index (χ0v) is 9.89. The first-order valence-corrected chi connectivity index (χ1v) is 5.82. The van der Waals surface area contributed by atoms with Gasteiger partial charge in [0, 0.05) is 17.5 Å². The van der Waals surface area contributed by atoms with Crippen LogP contribution in [0, 0.1) is 10.8 Å². The highest BCUT2D eigenvalue weighted by molar-refractivity contribution is 5.06. The Bertz CT molecular complexity index is 226. The number of rotatable bonds is 3. The molecule has 3 unspecified atom stereocenters. The molecule has 0 aromatic heterocycles. The van der Waals surface area contributed by atoms with E-state index >= 15 is 0 Å². The number of hydrogen-bond acceptors (Lipinski definition) is 2. The first-order valence-electron chi connectivity index (χ1n) is 5.82. The number of hydrogen-bond donors (Lipinski definition) is 1. The Kier molecular flexibility index (Phi) is 2.39. The highest BCUT2D eigenvalue weighted by atomic mass is 16.5. The summed E-state index contributed by atoms with van der Waals surface area (Å²) in [4.78, 5) is 0. The fraction of sp³-hybridized carbons (Fsp3) is 1.00. The van der Waals surface area contributed by atoms with Gasteiger partial charge in [0.15, 0.2) is 0 Å². The van der Waals surface area contributed by atoms with E-state index in [1.807, 2.05) is 0 Å². The van der Waals surface area contributed by atoms with Crippen LogP contribution in [0.3, 0.4) is 0 Å². The van der Waals surface area contributed by atoms with E-state index in [-0.39, 0.29) is 0 Å². The quantitative estimate of drug-likeness (QED) is 0.749. The predicted molar refractivity (Wildman–Crippen MR) is 58.3 cm³/mol. The molecule has 2 heteroatoms. The van der Waals surface area contributed by atoms with Gasteiger partial charge in [-0.15, -0.1) is 0 Å². The maximum absolute atomic E-state index is 5.54. The van der Waals surface area contributed by atoms with Gasteiger partial charge in [-0.3, -0.25) is 0 Å². The van der Waals surface area contributed by atoms with Gasteiger partial charge in [-0.05, 0) is 18.3 Å². The third-order valence-electron chi connectivity index (χ3n) is 4.26. The van der Waals surface area contributed by atoms with Gasteiger partial charge in [-0.1, -0.05) is 27.7 Å².